The first-order valence-electron chi connectivity index (χ1n) is 5.82. The van der Waals surface area contributed by atoms with Gasteiger partial charge in [0.1, 0.15) is 0 Å². The molecule has 0 aliphatic heterocycles. The average Bonchev–Trinajstić information content (AvgIpc) is 2.70. The molecule has 0 aromatic carbocycles. The topological polar surface area (TPSA) is 49.3 Å². The molecule has 1 amide bonds. The summed E-state index contributed by atoms with van der Waals surface area (Å²) in [4.78, 5) is 13.7. The number of carbonyl (C=O) groups excluding carboxylic acids is 1. The van der Waals surface area contributed by atoms with Gasteiger partial charge in [-0.15, -0.1) is 11.3 Å². The van der Waals surface area contributed by atoms with Gasteiger partial charge in [0, 0.05) is 22.4 Å². The first-order chi connectivity index (χ1) is 8.11. The zero-order valence-corrected chi connectivity index (χ0v) is 11.1. The number of nitrogens with one attached hydrogen (secondary N) is 1. The maximum absolute atomic E-state index is 11.4. The predicted octanol–water partition coefficient (Wildman–Crippen LogP) is 2.35. The van der Waals surface area contributed by atoms with Gasteiger partial charge in [0.25, 0.3) is 0 Å². The molecule has 0 aliphatic carbocycles. The molecule has 0 saturated carbocycles. The van der Waals surface area contributed by atoms with E-state index in [0.717, 1.165) is 11.3 Å². The van der Waals surface area contributed by atoms with Gasteiger partial charge >= 0.3 is 0 Å². The Labute approximate surface area is 106 Å². The fraction of sp³-hybridized carbons (Fsp3) is 0.462. The van der Waals surface area contributed by atoms with Gasteiger partial charge in [-0.2, -0.15) is 0 Å². The van der Waals surface area contributed by atoms with E-state index in [9.17, 15) is 9.90 Å². The summed E-state index contributed by atoms with van der Waals surface area (Å²) in [5.41, 5.74) is 0. The standard InChI is InChI=1S/C13H19NO2S/c1-3-4-11(15)9-14-13(16)8-7-12-6-5-10(2)17-12/h5-8,11,15H,3-4,9H2,1-2H3,(H,14,16)/b8-7+. The van der Waals surface area contributed by atoms with E-state index in [4.69, 9.17) is 0 Å². The first kappa shape index (κ1) is 13.9. The minimum Gasteiger partial charge on any atom is -0.391 e. The Morgan fingerprint density at radius 1 is 1.59 bits per heavy atom. The summed E-state index contributed by atoms with van der Waals surface area (Å²) in [7, 11) is 0. The summed E-state index contributed by atoms with van der Waals surface area (Å²) in [5, 5.41) is 12.1. The van der Waals surface area contributed by atoms with Crippen molar-refractivity contribution >= 4 is 23.3 Å². The SMILES string of the molecule is CCCC(O)CNC(=O)/C=C/c1ccc(C)s1. The van der Waals surface area contributed by atoms with Crippen LogP contribution in [0.4, 0.5) is 0 Å². The van der Waals surface area contributed by atoms with E-state index < -0.39 is 6.10 Å². The third-order valence-electron chi connectivity index (χ3n) is 2.29. The highest BCUT2D eigenvalue weighted by atomic mass is 32.1. The molecule has 4 heteroatoms. The number of aryl methyl sites for hydroxylation is 1. The predicted molar refractivity (Wildman–Crippen MR) is 72.0 cm³/mol. The van der Waals surface area contributed by atoms with E-state index in [-0.39, 0.29) is 5.91 Å². The lowest BCUT2D eigenvalue weighted by Crippen LogP contribution is -2.30. The molecule has 1 aromatic heterocycles. The maximum atomic E-state index is 11.4. The summed E-state index contributed by atoms with van der Waals surface area (Å²) in [5.74, 6) is -0.161. The summed E-state index contributed by atoms with van der Waals surface area (Å²) >= 11 is 1.65. The zero-order chi connectivity index (χ0) is 12.7. The molecule has 0 radical (unpaired) electrons. The van der Waals surface area contributed by atoms with Crippen molar-refractivity contribution in [2.75, 3.05) is 6.54 Å². The first-order valence-corrected chi connectivity index (χ1v) is 6.64. The number of aliphatic hydroxyl groups is 1. The van der Waals surface area contributed by atoms with E-state index >= 15 is 0 Å². The lowest BCUT2D eigenvalue weighted by Gasteiger charge is -2.08. The molecule has 0 fully saturated rings. The van der Waals surface area contributed by atoms with Gasteiger partial charge in [0.2, 0.25) is 5.91 Å². The molecule has 1 unspecified atom stereocenters. The Bertz CT molecular complexity index is 385. The van der Waals surface area contributed by atoms with Crippen LogP contribution in [0.1, 0.15) is 29.5 Å². The second-order valence-electron chi connectivity index (χ2n) is 3.97. The van der Waals surface area contributed by atoms with Crippen LogP contribution in [0.15, 0.2) is 18.2 Å². The van der Waals surface area contributed by atoms with Gasteiger partial charge in [-0.25, -0.2) is 0 Å². The molecule has 1 atom stereocenters. The van der Waals surface area contributed by atoms with Crippen molar-refractivity contribution in [3.8, 4) is 0 Å². The van der Waals surface area contributed by atoms with Gasteiger partial charge in [-0.1, -0.05) is 13.3 Å². The normalized spacial score (nSPS) is 12.9. The highest BCUT2D eigenvalue weighted by Gasteiger charge is 2.03. The summed E-state index contributed by atoms with van der Waals surface area (Å²) < 4.78 is 0. The Morgan fingerprint density at radius 2 is 2.35 bits per heavy atom. The average molecular weight is 253 g/mol. The van der Waals surface area contributed by atoms with Crippen molar-refractivity contribution in [3.05, 3.63) is 28.0 Å². The lowest BCUT2D eigenvalue weighted by molar-refractivity contribution is -0.116. The molecule has 3 nitrogen and oxygen atoms in total. The third-order valence-corrected chi connectivity index (χ3v) is 3.26. The van der Waals surface area contributed by atoms with Crippen molar-refractivity contribution in [1.29, 1.82) is 0 Å². The maximum Gasteiger partial charge on any atom is 0.244 e. The molecule has 0 bridgehead atoms. The van der Waals surface area contributed by atoms with Gasteiger partial charge < -0.3 is 10.4 Å². The fourth-order valence-corrected chi connectivity index (χ4v) is 2.19. The molecule has 17 heavy (non-hydrogen) atoms. The number of hydrogen-bond acceptors (Lipinski definition) is 3. The summed E-state index contributed by atoms with van der Waals surface area (Å²) in [6.45, 7) is 4.35. The van der Waals surface area contributed by atoms with E-state index in [1.54, 1.807) is 17.4 Å². The van der Waals surface area contributed by atoms with Gasteiger partial charge in [-0.3, -0.25) is 4.79 Å². The lowest BCUT2D eigenvalue weighted by atomic mass is 10.2. The number of carbonyl (C=O) groups is 1. The van der Waals surface area contributed by atoms with Gasteiger partial charge in [0.15, 0.2) is 0 Å². The van der Waals surface area contributed by atoms with E-state index in [1.165, 1.54) is 11.0 Å². The molecule has 94 valence electrons. The van der Waals surface area contributed by atoms with Crippen LogP contribution in [0.5, 0.6) is 0 Å². The molecule has 0 spiro atoms. The highest BCUT2D eigenvalue weighted by Crippen LogP contribution is 2.16. The number of hydrogen-bond donors (Lipinski definition) is 2. The largest absolute Gasteiger partial charge is 0.391 e. The monoisotopic (exact) mass is 253 g/mol. The molecule has 2 N–H and O–H groups in total. The van der Waals surface area contributed by atoms with E-state index in [2.05, 4.69) is 5.32 Å². The van der Waals surface area contributed by atoms with E-state index in [0.29, 0.717) is 13.0 Å². The second-order valence-corrected chi connectivity index (χ2v) is 5.29. The van der Waals surface area contributed by atoms with Crippen LogP contribution in [-0.4, -0.2) is 23.7 Å². The zero-order valence-electron chi connectivity index (χ0n) is 10.3. The van der Waals surface area contributed by atoms with Crippen molar-refractivity contribution in [1.82, 2.24) is 5.32 Å². The van der Waals surface area contributed by atoms with Crippen molar-refractivity contribution in [3.63, 3.8) is 0 Å². The minimum absolute atomic E-state index is 0.161. The molecular weight excluding hydrogens is 234 g/mol. The molecule has 1 aromatic rings. The molecular formula is C13H19NO2S. The van der Waals surface area contributed by atoms with Gasteiger partial charge in [-0.05, 0) is 31.6 Å². The van der Waals surface area contributed by atoms with Crippen LogP contribution in [0.25, 0.3) is 6.08 Å². The summed E-state index contributed by atoms with van der Waals surface area (Å²) in [6.07, 6.45) is 4.49. The Kier molecular flexibility index (Phi) is 5.94. The van der Waals surface area contributed by atoms with Crippen molar-refractivity contribution in [2.45, 2.75) is 32.8 Å². The summed E-state index contributed by atoms with van der Waals surface area (Å²) in [6, 6.07) is 4.00. The van der Waals surface area contributed by atoms with Gasteiger partial charge in [0.05, 0.1) is 6.10 Å². The molecule has 1 heterocycles. The van der Waals surface area contributed by atoms with Crippen LogP contribution in [0.3, 0.4) is 0 Å². The van der Waals surface area contributed by atoms with Crippen LogP contribution < -0.4 is 5.32 Å². The van der Waals surface area contributed by atoms with Crippen molar-refractivity contribution in [2.24, 2.45) is 0 Å². The number of rotatable bonds is 6. The molecule has 1 rings (SSSR count). The van der Waals surface area contributed by atoms with Crippen LogP contribution in [-0.2, 0) is 4.79 Å². The Morgan fingerprint density at radius 3 is 2.94 bits per heavy atom. The fourth-order valence-electron chi connectivity index (χ4n) is 1.41. The number of amides is 1. The van der Waals surface area contributed by atoms with Crippen LogP contribution in [0, 0.1) is 6.92 Å². The molecule has 0 aliphatic rings. The van der Waals surface area contributed by atoms with Crippen LogP contribution >= 0.6 is 11.3 Å². The minimum atomic E-state index is -0.443. The Hall–Kier alpha value is -1.13. The molecule has 0 saturated heterocycles. The smallest absolute Gasteiger partial charge is 0.244 e. The van der Waals surface area contributed by atoms with Crippen LogP contribution in [0.2, 0.25) is 0 Å². The number of aliphatic hydroxyl groups excluding tert-OH is 1. The van der Waals surface area contributed by atoms with E-state index in [1.807, 2.05) is 26.0 Å². The highest BCUT2D eigenvalue weighted by molar-refractivity contribution is 7.12. The quantitative estimate of drug-likeness (QED) is 0.765. The third kappa shape index (κ3) is 5.65. The van der Waals surface area contributed by atoms with Crippen molar-refractivity contribution < 1.29 is 9.90 Å². The Balaban J connectivity index is 2.32. The number of thiophene rings is 1. The second kappa shape index (κ2) is 7.25.